The van der Waals surface area contributed by atoms with Gasteiger partial charge in [0, 0.05) is 12.6 Å². The Bertz CT molecular complexity index is 925. The van der Waals surface area contributed by atoms with Crippen LogP contribution in [0.4, 0.5) is 4.79 Å². The summed E-state index contributed by atoms with van der Waals surface area (Å²) in [4.78, 5) is 41.1. The fraction of sp³-hybridized carbons (Fsp3) is 0.400. The Morgan fingerprint density at radius 1 is 1.32 bits per heavy atom. The van der Waals surface area contributed by atoms with Crippen molar-refractivity contribution in [2.24, 2.45) is 0 Å². The van der Waals surface area contributed by atoms with Gasteiger partial charge in [0.25, 0.3) is 5.91 Å². The van der Waals surface area contributed by atoms with Crippen LogP contribution in [0.3, 0.4) is 0 Å². The number of aromatic nitrogens is 1. The van der Waals surface area contributed by atoms with E-state index in [1.807, 2.05) is 24.3 Å². The molecule has 0 spiro atoms. The van der Waals surface area contributed by atoms with Crippen molar-refractivity contribution in [2.45, 2.75) is 38.3 Å². The number of carbonyl (C=O) groups is 3. The van der Waals surface area contributed by atoms with Gasteiger partial charge in [-0.25, -0.2) is 4.79 Å². The van der Waals surface area contributed by atoms with Gasteiger partial charge in [0.2, 0.25) is 5.91 Å². The van der Waals surface area contributed by atoms with E-state index in [-0.39, 0.29) is 18.5 Å². The maximum absolute atomic E-state index is 13.0. The number of benzene rings is 1. The van der Waals surface area contributed by atoms with Gasteiger partial charge in [0.05, 0.1) is 6.04 Å². The summed E-state index contributed by atoms with van der Waals surface area (Å²) in [6.07, 6.45) is 1.61. The molecule has 1 N–H and O–H groups in total. The molecule has 0 radical (unpaired) electrons. The van der Waals surface area contributed by atoms with Crippen LogP contribution in [-0.2, 0) is 15.1 Å². The molecule has 2 aliphatic heterocycles. The van der Waals surface area contributed by atoms with Gasteiger partial charge in [0.1, 0.15) is 23.5 Å². The van der Waals surface area contributed by atoms with Crippen molar-refractivity contribution in [3.05, 3.63) is 53.4 Å². The largest absolute Gasteiger partial charge is 0.361 e. The average Bonchev–Trinajstić information content (AvgIpc) is 3.38. The molecule has 8 heteroatoms. The fourth-order valence-electron chi connectivity index (χ4n) is 3.95. The summed E-state index contributed by atoms with van der Waals surface area (Å²) in [5.41, 5.74) is 0.210. The summed E-state index contributed by atoms with van der Waals surface area (Å²) >= 11 is 0. The third-order valence-corrected chi connectivity index (χ3v) is 5.48. The Kier molecular flexibility index (Phi) is 4.41. The predicted molar refractivity (Wildman–Crippen MR) is 99.0 cm³/mol. The molecule has 3 heterocycles. The number of carbonyl (C=O) groups excluding carboxylic acids is 3. The Hall–Kier alpha value is -3.16. The average molecular weight is 382 g/mol. The molecule has 0 bridgehead atoms. The van der Waals surface area contributed by atoms with Crippen LogP contribution in [0, 0.1) is 6.92 Å². The third kappa shape index (κ3) is 2.94. The number of nitrogens with zero attached hydrogens (tertiary/aromatic N) is 3. The minimum atomic E-state index is -1.17. The molecule has 146 valence electrons. The molecule has 2 unspecified atom stereocenters. The van der Waals surface area contributed by atoms with Gasteiger partial charge >= 0.3 is 6.03 Å². The molecule has 2 aliphatic rings. The fourth-order valence-corrected chi connectivity index (χ4v) is 3.95. The molecular weight excluding hydrogens is 360 g/mol. The van der Waals surface area contributed by atoms with Gasteiger partial charge in [-0.15, -0.1) is 0 Å². The van der Waals surface area contributed by atoms with Crippen molar-refractivity contribution in [3.63, 3.8) is 0 Å². The van der Waals surface area contributed by atoms with Gasteiger partial charge in [-0.1, -0.05) is 35.5 Å². The van der Waals surface area contributed by atoms with Crippen molar-refractivity contribution >= 4 is 17.8 Å². The van der Waals surface area contributed by atoms with Gasteiger partial charge in [-0.2, -0.15) is 0 Å². The topological polar surface area (TPSA) is 95.8 Å². The lowest BCUT2D eigenvalue weighted by atomic mass is 9.92. The van der Waals surface area contributed by atoms with Gasteiger partial charge in [0.15, 0.2) is 0 Å². The van der Waals surface area contributed by atoms with Gasteiger partial charge in [-0.3, -0.25) is 14.5 Å². The molecule has 8 nitrogen and oxygen atoms in total. The van der Waals surface area contributed by atoms with E-state index in [1.165, 1.54) is 0 Å². The maximum Gasteiger partial charge on any atom is 0.325 e. The Morgan fingerprint density at radius 2 is 2.07 bits per heavy atom. The molecule has 2 atom stereocenters. The zero-order valence-electron chi connectivity index (χ0n) is 15.8. The van der Waals surface area contributed by atoms with Crippen LogP contribution < -0.4 is 5.32 Å². The number of amides is 4. The quantitative estimate of drug-likeness (QED) is 0.817. The lowest BCUT2D eigenvalue weighted by molar-refractivity contribution is -0.139. The van der Waals surface area contributed by atoms with E-state index in [9.17, 15) is 14.4 Å². The van der Waals surface area contributed by atoms with Crippen molar-refractivity contribution in [3.8, 4) is 0 Å². The minimum Gasteiger partial charge on any atom is -0.361 e. The molecule has 2 fully saturated rings. The summed E-state index contributed by atoms with van der Waals surface area (Å²) in [7, 11) is 0. The number of urea groups is 1. The summed E-state index contributed by atoms with van der Waals surface area (Å²) in [5.74, 6) is -0.0175. The Balaban J connectivity index is 1.51. The minimum absolute atomic E-state index is 0.189. The van der Waals surface area contributed by atoms with Crippen molar-refractivity contribution in [1.29, 1.82) is 0 Å². The molecule has 0 aliphatic carbocycles. The van der Waals surface area contributed by atoms with E-state index in [1.54, 1.807) is 30.9 Å². The van der Waals surface area contributed by atoms with Crippen LogP contribution in [0.5, 0.6) is 0 Å². The molecule has 1 aromatic heterocycles. The van der Waals surface area contributed by atoms with Gasteiger partial charge in [-0.05, 0) is 32.3 Å². The number of aryl methyl sites for hydroxylation is 1. The molecule has 28 heavy (non-hydrogen) atoms. The standard InChI is InChI=1S/C20H22N4O4/c1-13-11-15(22-28-13)16-9-6-10-23(16)17(25)12-24-18(26)20(2,21-19(24)27)14-7-4-3-5-8-14/h3-5,7-8,11,16H,6,9-10,12H2,1-2H3,(H,21,27). The number of hydrogen-bond acceptors (Lipinski definition) is 5. The molecule has 0 saturated carbocycles. The Morgan fingerprint density at radius 3 is 2.75 bits per heavy atom. The van der Waals surface area contributed by atoms with Crippen molar-refractivity contribution < 1.29 is 18.9 Å². The second kappa shape index (κ2) is 6.78. The SMILES string of the molecule is Cc1cc(C2CCCN2C(=O)CN2C(=O)NC(C)(c3ccccc3)C2=O)no1. The highest BCUT2D eigenvalue weighted by atomic mass is 16.5. The molecule has 2 aromatic rings. The normalized spacial score (nSPS) is 24.7. The second-order valence-corrected chi connectivity index (χ2v) is 7.42. The first kappa shape index (κ1) is 18.2. The first-order chi connectivity index (χ1) is 13.4. The van der Waals surface area contributed by atoms with E-state index in [2.05, 4.69) is 10.5 Å². The summed E-state index contributed by atoms with van der Waals surface area (Å²) in [5, 5.41) is 6.75. The van der Waals surface area contributed by atoms with E-state index < -0.39 is 17.5 Å². The lowest BCUT2D eigenvalue weighted by Gasteiger charge is -2.25. The highest BCUT2D eigenvalue weighted by molar-refractivity contribution is 6.09. The monoisotopic (exact) mass is 382 g/mol. The number of likely N-dealkylation sites (tertiary alicyclic amines) is 1. The highest BCUT2D eigenvalue weighted by Gasteiger charge is 2.50. The number of nitrogens with one attached hydrogen (secondary N) is 1. The number of hydrogen-bond donors (Lipinski definition) is 1. The summed E-state index contributed by atoms with van der Waals surface area (Å²) in [6, 6.07) is 10.1. The van der Waals surface area contributed by atoms with E-state index in [4.69, 9.17) is 4.52 Å². The Labute approximate surface area is 162 Å². The predicted octanol–water partition coefficient (Wildman–Crippen LogP) is 2.11. The molecule has 4 rings (SSSR count). The van der Waals surface area contributed by atoms with Crippen LogP contribution in [0.15, 0.2) is 40.9 Å². The summed E-state index contributed by atoms with van der Waals surface area (Å²) < 4.78 is 5.13. The zero-order chi connectivity index (χ0) is 19.9. The maximum atomic E-state index is 13.0. The number of rotatable bonds is 4. The van der Waals surface area contributed by atoms with E-state index in [0.29, 0.717) is 23.6 Å². The number of imide groups is 1. The summed E-state index contributed by atoms with van der Waals surface area (Å²) in [6.45, 7) is 3.73. The zero-order valence-corrected chi connectivity index (χ0v) is 15.8. The van der Waals surface area contributed by atoms with Crippen LogP contribution in [-0.4, -0.2) is 45.9 Å². The van der Waals surface area contributed by atoms with E-state index >= 15 is 0 Å². The van der Waals surface area contributed by atoms with Gasteiger partial charge < -0.3 is 14.7 Å². The van der Waals surface area contributed by atoms with Crippen LogP contribution in [0.1, 0.15) is 42.8 Å². The smallest absolute Gasteiger partial charge is 0.325 e. The second-order valence-electron chi connectivity index (χ2n) is 7.42. The third-order valence-electron chi connectivity index (χ3n) is 5.48. The molecule has 4 amide bonds. The molecular formula is C20H22N4O4. The van der Waals surface area contributed by atoms with Crippen molar-refractivity contribution in [2.75, 3.05) is 13.1 Å². The van der Waals surface area contributed by atoms with Crippen LogP contribution >= 0.6 is 0 Å². The molecule has 1 aromatic carbocycles. The van der Waals surface area contributed by atoms with Crippen molar-refractivity contribution in [1.82, 2.24) is 20.3 Å². The van der Waals surface area contributed by atoms with Crippen LogP contribution in [0.25, 0.3) is 0 Å². The lowest BCUT2D eigenvalue weighted by Crippen LogP contribution is -2.44. The van der Waals surface area contributed by atoms with Crippen LogP contribution in [0.2, 0.25) is 0 Å². The first-order valence-electron chi connectivity index (χ1n) is 9.32. The first-order valence-corrected chi connectivity index (χ1v) is 9.32. The molecule has 2 saturated heterocycles. The highest BCUT2D eigenvalue weighted by Crippen LogP contribution is 2.33. The van der Waals surface area contributed by atoms with E-state index in [0.717, 1.165) is 17.7 Å².